The molecule has 0 atom stereocenters. The van der Waals surface area contributed by atoms with E-state index in [1.807, 2.05) is 13.8 Å². The van der Waals surface area contributed by atoms with Crippen LogP contribution >= 0.6 is 0 Å². The van der Waals surface area contributed by atoms with Crippen molar-refractivity contribution in [3.05, 3.63) is 18.2 Å². The number of rotatable bonds is 7. The molecule has 7 heteroatoms. The Morgan fingerprint density at radius 3 is 2.52 bits per heavy atom. The van der Waals surface area contributed by atoms with E-state index in [0.717, 1.165) is 6.42 Å². The smallest absolute Gasteiger partial charge is 0.244 e. The van der Waals surface area contributed by atoms with Gasteiger partial charge in [0.2, 0.25) is 15.9 Å². The van der Waals surface area contributed by atoms with Gasteiger partial charge in [-0.05, 0) is 30.5 Å². The third-order valence-electron chi connectivity index (χ3n) is 2.79. The van der Waals surface area contributed by atoms with Gasteiger partial charge in [0.15, 0.2) is 0 Å². The van der Waals surface area contributed by atoms with Crippen molar-refractivity contribution in [1.29, 1.82) is 0 Å². The van der Waals surface area contributed by atoms with Gasteiger partial charge in [-0.3, -0.25) is 4.79 Å². The number of anilines is 1. The minimum absolute atomic E-state index is 0.0139. The van der Waals surface area contributed by atoms with E-state index in [0.29, 0.717) is 18.2 Å². The van der Waals surface area contributed by atoms with Crippen molar-refractivity contribution in [2.24, 2.45) is 5.92 Å². The van der Waals surface area contributed by atoms with Gasteiger partial charge in [0.25, 0.3) is 0 Å². The van der Waals surface area contributed by atoms with Gasteiger partial charge in [0.05, 0.1) is 7.11 Å². The van der Waals surface area contributed by atoms with E-state index < -0.39 is 10.0 Å². The summed E-state index contributed by atoms with van der Waals surface area (Å²) in [6.45, 7) is 5.76. The third kappa shape index (κ3) is 5.35. The summed E-state index contributed by atoms with van der Waals surface area (Å²) in [5.41, 5.74) is 0.410. The van der Waals surface area contributed by atoms with Crippen molar-refractivity contribution < 1.29 is 17.9 Å². The van der Waals surface area contributed by atoms with Crippen molar-refractivity contribution in [2.75, 3.05) is 19.0 Å². The average molecular weight is 314 g/mol. The van der Waals surface area contributed by atoms with Crippen molar-refractivity contribution in [1.82, 2.24) is 4.72 Å². The zero-order valence-corrected chi connectivity index (χ0v) is 13.6. The summed E-state index contributed by atoms with van der Waals surface area (Å²) in [6.07, 6.45) is 0.743. The number of nitrogens with one attached hydrogen (secondary N) is 2. The van der Waals surface area contributed by atoms with Crippen LogP contribution in [0.25, 0.3) is 0 Å². The summed E-state index contributed by atoms with van der Waals surface area (Å²) >= 11 is 0. The van der Waals surface area contributed by atoms with E-state index in [1.54, 1.807) is 6.07 Å². The summed E-state index contributed by atoms with van der Waals surface area (Å²) < 4.78 is 32.3. The monoisotopic (exact) mass is 314 g/mol. The average Bonchev–Trinajstić information content (AvgIpc) is 2.37. The fraction of sp³-hybridized carbons (Fsp3) is 0.500. The molecule has 0 heterocycles. The molecular weight excluding hydrogens is 292 g/mol. The molecule has 118 valence electrons. The SMILES string of the molecule is COc1ccc(NC(C)=O)cc1S(=O)(=O)NCCC(C)C. The van der Waals surface area contributed by atoms with Crippen LogP contribution in [-0.2, 0) is 14.8 Å². The molecule has 0 aromatic heterocycles. The molecule has 0 unspecified atom stereocenters. The summed E-state index contributed by atoms with van der Waals surface area (Å²) in [5.74, 6) is 0.373. The van der Waals surface area contributed by atoms with Gasteiger partial charge in [-0.25, -0.2) is 13.1 Å². The molecule has 1 rings (SSSR count). The first kappa shape index (κ1) is 17.5. The second kappa shape index (κ2) is 7.42. The van der Waals surface area contributed by atoms with E-state index in [9.17, 15) is 13.2 Å². The van der Waals surface area contributed by atoms with Gasteiger partial charge in [0.1, 0.15) is 10.6 Å². The Kier molecular flexibility index (Phi) is 6.17. The molecule has 1 aromatic carbocycles. The lowest BCUT2D eigenvalue weighted by Gasteiger charge is -2.13. The molecule has 0 aliphatic rings. The van der Waals surface area contributed by atoms with Crippen LogP contribution in [0.4, 0.5) is 5.69 Å². The zero-order chi connectivity index (χ0) is 16.0. The van der Waals surface area contributed by atoms with E-state index in [1.165, 1.54) is 26.2 Å². The number of amides is 1. The standard InChI is InChI=1S/C14H22N2O4S/c1-10(2)7-8-15-21(18,19)14-9-12(16-11(3)17)5-6-13(14)20-4/h5-6,9-10,15H,7-8H2,1-4H3,(H,16,17). The van der Waals surface area contributed by atoms with Crippen LogP contribution in [0.15, 0.2) is 23.1 Å². The molecule has 1 amide bonds. The molecule has 1 aromatic rings. The second-order valence-electron chi connectivity index (χ2n) is 5.13. The van der Waals surface area contributed by atoms with Gasteiger partial charge in [-0.15, -0.1) is 0 Å². The predicted molar refractivity (Wildman–Crippen MR) is 81.9 cm³/mol. The Morgan fingerprint density at radius 2 is 2.00 bits per heavy atom. The first-order valence-electron chi connectivity index (χ1n) is 6.71. The van der Waals surface area contributed by atoms with Gasteiger partial charge in [-0.1, -0.05) is 13.8 Å². The minimum atomic E-state index is -3.68. The second-order valence-corrected chi connectivity index (χ2v) is 6.86. The van der Waals surface area contributed by atoms with Crippen LogP contribution in [0.5, 0.6) is 5.75 Å². The number of sulfonamides is 1. The number of carbonyl (C=O) groups excluding carboxylic acids is 1. The fourth-order valence-corrected chi connectivity index (χ4v) is 2.97. The summed E-state index contributed by atoms with van der Waals surface area (Å²) in [4.78, 5) is 11.1. The lowest BCUT2D eigenvalue weighted by atomic mass is 10.1. The largest absolute Gasteiger partial charge is 0.495 e. The number of methoxy groups -OCH3 is 1. The highest BCUT2D eigenvalue weighted by atomic mass is 32.2. The third-order valence-corrected chi connectivity index (χ3v) is 4.27. The Morgan fingerprint density at radius 1 is 1.33 bits per heavy atom. The number of carbonyl (C=O) groups is 1. The molecule has 0 aliphatic heterocycles. The Hall–Kier alpha value is -1.60. The lowest BCUT2D eigenvalue weighted by Crippen LogP contribution is -2.26. The van der Waals surface area contributed by atoms with Crippen LogP contribution in [0.2, 0.25) is 0 Å². The molecular formula is C14H22N2O4S. The van der Waals surface area contributed by atoms with Crippen LogP contribution in [-0.4, -0.2) is 28.0 Å². The van der Waals surface area contributed by atoms with Crippen molar-refractivity contribution in [3.8, 4) is 5.75 Å². The van der Waals surface area contributed by atoms with Crippen molar-refractivity contribution in [3.63, 3.8) is 0 Å². The van der Waals surface area contributed by atoms with E-state index in [2.05, 4.69) is 10.0 Å². The molecule has 0 fully saturated rings. The van der Waals surface area contributed by atoms with E-state index in [-0.39, 0.29) is 16.6 Å². The van der Waals surface area contributed by atoms with Gasteiger partial charge in [-0.2, -0.15) is 0 Å². The molecule has 0 radical (unpaired) electrons. The Balaban J connectivity index is 3.04. The summed E-state index contributed by atoms with van der Waals surface area (Å²) in [6, 6.07) is 4.49. The molecule has 21 heavy (non-hydrogen) atoms. The van der Waals surface area contributed by atoms with Gasteiger partial charge < -0.3 is 10.1 Å². The maximum Gasteiger partial charge on any atom is 0.244 e. The summed E-state index contributed by atoms with van der Waals surface area (Å²) in [5, 5.41) is 2.56. The maximum absolute atomic E-state index is 12.3. The molecule has 0 saturated heterocycles. The molecule has 0 spiro atoms. The Bertz CT molecular complexity index is 597. The summed E-state index contributed by atoms with van der Waals surface area (Å²) in [7, 11) is -2.28. The highest BCUT2D eigenvalue weighted by Crippen LogP contribution is 2.27. The molecule has 0 aliphatic carbocycles. The van der Waals surface area contributed by atoms with Crippen molar-refractivity contribution >= 4 is 21.6 Å². The zero-order valence-electron chi connectivity index (χ0n) is 12.8. The fourth-order valence-electron chi connectivity index (χ4n) is 1.73. The highest BCUT2D eigenvalue weighted by Gasteiger charge is 2.20. The first-order chi connectivity index (χ1) is 9.76. The number of hydrogen-bond donors (Lipinski definition) is 2. The molecule has 6 nitrogen and oxygen atoms in total. The first-order valence-corrected chi connectivity index (χ1v) is 8.20. The van der Waals surface area contributed by atoms with Crippen molar-refractivity contribution in [2.45, 2.75) is 32.1 Å². The predicted octanol–water partition coefficient (Wildman–Crippen LogP) is 1.98. The number of benzene rings is 1. The van der Waals surface area contributed by atoms with E-state index >= 15 is 0 Å². The molecule has 0 saturated carbocycles. The topological polar surface area (TPSA) is 84.5 Å². The maximum atomic E-state index is 12.3. The van der Waals surface area contributed by atoms with Crippen LogP contribution in [0.3, 0.4) is 0 Å². The minimum Gasteiger partial charge on any atom is -0.495 e. The Labute approximate surface area is 125 Å². The van der Waals surface area contributed by atoms with E-state index in [4.69, 9.17) is 4.74 Å². The van der Waals surface area contributed by atoms with Crippen LogP contribution < -0.4 is 14.8 Å². The normalized spacial score (nSPS) is 11.5. The van der Waals surface area contributed by atoms with Gasteiger partial charge in [0, 0.05) is 19.2 Å². The lowest BCUT2D eigenvalue weighted by molar-refractivity contribution is -0.114. The molecule has 2 N–H and O–H groups in total. The highest BCUT2D eigenvalue weighted by molar-refractivity contribution is 7.89. The van der Waals surface area contributed by atoms with Crippen LogP contribution in [0, 0.1) is 5.92 Å². The van der Waals surface area contributed by atoms with Crippen LogP contribution in [0.1, 0.15) is 27.2 Å². The number of hydrogen-bond acceptors (Lipinski definition) is 4. The molecule has 0 bridgehead atoms. The number of ether oxygens (including phenoxy) is 1. The van der Waals surface area contributed by atoms with Gasteiger partial charge >= 0.3 is 0 Å². The quantitative estimate of drug-likeness (QED) is 0.806.